The Balaban J connectivity index is 1.82. The first-order chi connectivity index (χ1) is 22.5. The summed E-state index contributed by atoms with van der Waals surface area (Å²) >= 11 is 12.8. The Bertz CT molecular complexity index is 1740. The SMILES string of the molecule is CCOc1ccc(N(CC(=O)N(Cc2ccc(Cl)cc2Cl)C(Cc2ccccc2)C(=O)NC(C)CC)S(=O)(=O)c2ccccc2)cc1. The smallest absolute Gasteiger partial charge is 0.264 e. The average Bonchev–Trinajstić information content (AvgIpc) is 3.07. The summed E-state index contributed by atoms with van der Waals surface area (Å²) in [6, 6.07) is 27.5. The molecule has 4 rings (SSSR count). The zero-order chi connectivity index (χ0) is 34.0. The number of carbonyl (C=O) groups is 2. The van der Waals surface area contributed by atoms with Crippen LogP contribution in [0.2, 0.25) is 10.0 Å². The van der Waals surface area contributed by atoms with E-state index in [1.54, 1.807) is 60.7 Å². The van der Waals surface area contributed by atoms with Gasteiger partial charge in [0.2, 0.25) is 11.8 Å². The number of ether oxygens (including phenoxy) is 1. The molecule has 11 heteroatoms. The number of carbonyl (C=O) groups excluding carboxylic acids is 2. The van der Waals surface area contributed by atoms with Crippen LogP contribution in [-0.2, 0) is 32.6 Å². The topological polar surface area (TPSA) is 96.0 Å². The van der Waals surface area contributed by atoms with Crippen molar-refractivity contribution in [3.63, 3.8) is 0 Å². The molecule has 47 heavy (non-hydrogen) atoms. The van der Waals surface area contributed by atoms with Crippen molar-refractivity contribution in [2.45, 2.75) is 57.1 Å². The molecule has 0 aromatic heterocycles. The van der Waals surface area contributed by atoms with Crippen molar-refractivity contribution in [3.8, 4) is 5.75 Å². The van der Waals surface area contributed by atoms with E-state index in [1.165, 1.54) is 17.0 Å². The van der Waals surface area contributed by atoms with E-state index < -0.39 is 28.5 Å². The van der Waals surface area contributed by atoms with Gasteiger partial charge in [0, 0.05) is 29.1 Å². The van der Waals surface area contributed by atoms with Gasteiger partial charge in [-0.25, -0.2) is 8.42 Å². The van der Waals surface area contributed by atoms with Crippen molar-refractivity contribution in [2.24, 2.45) is 0 Å². The molecule has 0 aliphatic heterocycles. The van der Waals surface area contributed by atoms with Gasteiger partial charge in [-0.1, -0.05) is 84.7 Å². The maximum Gasteiger partial charge on any atom is 0.264 e. The van der Waals surface area contributed by atoms with Gasteiger partial charge in [0.25, 0.3) is 10.0 Å². The van der Waals surface area contributed by atoms with E-state index in [2.05, 4.69) is 5.32 Å². The number of hydrogen-bond donors (Lipinski definition) is 1. The number of halogens is 2. The average molecular weight is 697 g/mol. The molecule has 2 atom stereocenters. The van der Waals surface area contributed by atoms with Crippen molar-refractivity contribution in [1.82, 2.24) is 10.2 Å². The van der Waals surface area contributed by atoms with Gasteiger partial charge in [-0.05, 0) is 79.9 Å². The van der Waals surface area contributed by atoms with E-state index in [0.717, 1.165) is 9.87 Å². The van der Waals surface area contributed by atoms with Crippen LogP contribution in [0.5, 0.6) is 5.75 Å². The lowest BCUT2D eigenvalue weighted by Crippen LogP contribution is -2.54. The minimum absolute atomic E-state index is 0.0179. The van der Waals surface area contributed by atoms with Crippen LogP contribution in [0.25, 0.3) is 0 Å². The van der Waals surface area contributed by atoms with Crippen LogP contribution in [-0.4, -0.2) is 50.4 Å². The lowest BCUT2D eigenvalue weighted by molar-refractivity contribution is -0.140. The Labute approximate surface area is 287 Å². The second-order valence-corrected chi connectivity index (χ2v) is 13.7. The number of sulfonamides is 1. The molecule has 2 amide bonds. The third-order valence-corrected chi connectivity index (χ3v) is 10.0. The molecule has 4 aromatic rings. The fourth-order valence-corrected chi connectivity index (χ4v) is 6.86. The molecule has 0 heterocycles. The number of nitrogens with one attached hydrogen (secondary N) is 1. The lowest BCUT2D eigenvalue weighted by atomic mass is 10.0. The molecule has 0 saturated heterocycles. The molecule has 0 aliphatic rings. The van der Waals surface area contributed by atoms with Gasteiger partial charge in [0.05, 0.1) is 17.2 Å². The van der Waals surface area contributed by atoms with Crippen LogP contribution < -0.4 is 14.4 Å². The highest BCUT2D eigenvalue weighted by Gasteiger charge is 2.35. The zero-order valence-electron chi connectivity index (χ0n) is 26.6. The Morgan fingerprint density at radius 2 is 1.51 bits per heavy atom. The fourth-order valence-electron chi connectivity index (χ4n) is 4.95. The van der Waals surface area contributed by atoms with E-state index >= 15 is 0 Å². The van der Waals surface area contributed by atoms with Gasteiger partial charge in [0.1, 0.15) is 18.3 Å². The highest BCUT2D eigenvalue weighted by molar-refractivity contribution is 7.92. The third-order valence-electron chi connectivity index (χ3n) is 7.67. The summed E-state index contributed by atoms with van der Waals surface area (Å²) in [6.07, 6.45) is 0.871. The van der Waals surface area contributed by atoms with E-state index in [0.29, 0.717) is 34.4 Å². The number of rotatable bonds is 15. The van der Waals surface area contributed by atoms with Crippen LogP contribution in [0.1, 0.15) is 38.3 Å². The molecule has 248 valence electrons. The van der Waals surface area contributed by atoms with Gasteiger partial charge in [-0.15, -0.1) is 0 Å². The molecule has 4 aromatic carbocycles. The third kappa shape index (κ3) is 9.50. The summed E-state index contributed by atoms with van der Waals surface area (Å²) < 4.78 is 34.9. The van der Waals surface area contributed by atoms with Crippen LogP contribution >= 0.6 is 23.2 Å². The Hall–Kier alpha value is -4.05. The van der Waals surface area contributed by atoms with Gasteiger partial charge >= 0.3 is 0 Å². The van der Waals surface area contributed by atoms with Crippen molar-refractivity contribution in [3.05, 3.63) is 124 Å². The van der Waals surface area contributed by atoms with Crippen LogP contribution in [0.4, 0.5) is 5.69 Å². The first-order valence-electron chi connectivity index (χ1n) is 15.4. The van der Waals surface area contributed by atoms with E-state index in [9.17, 15) is 18.0 Å². The second kappa shape index (κ2) is 16.7. The van der Waals surface area contributed by atoms with Gasteiger partial charge in [-0.3, -0.25) is 13.9 Å². The molecule has 0 fully saturated rings. The van der Waals surface area contributed by atoms with Crippen molar-refractivity contribution in [1.29, 1.82) is 0 Å². The molecule has 1 N–H and O–H groups in total. The zero-order valence-corrected chi connectivity index (χ0v) is 28.9. The molecular formula is C36H39Cl2N3O5S. The summed E-state index contributed by atoms with van der Waals surface area (Å²) in [5.74, 6) is -0.395. The maximum atomic E-state index is 14.6. The molecule has 0 saturated carbocycles. The van der Waals surface area contributed by atoms with E-state index in [4.69, 9.17) is 27.9 Å². The number of benzene rings is 4. The summed E-state index contributed by atoms with van der Waals surface area (Å²) in [4.78, 5) is 30.0. The van der Waals surface area contributed by atoms with Crippen molar-refractivity contribution in [2.75, 3.05) is 17.5 Å². The number of hydrogen-bond acceptors (Lipinski definition) is 5. The Morgan fingerprint density at radius 1 is 0.872 bits per heavy atom. The molecule has 8 nitrogen and oxygen atoms in total. The van der Waals surface area contributed by atoms with E-state index in [-0.39, 0.29) is 35.5 Å². The van der Waals surface area contributed by atoms with Crippen LogP contribution in [0, 0.1) is 0 Å². The first kappa shape index (κ1) is 35.8. The molecule has 2 unspecified atom stereocenters. The number of amides is 2. The lowest BCUT2D eigenvalue weighted by Gasteiger charge is -2.34. The molecule has 0 spiro atoms. The Kier molecular flexibility index (Phi) is 12.7. The predicted octanol–water partition coefficient (Wildman–Crippen LogP) is 7.14. The predicted molar refractivity (Wildman–Crippen MR) is 187 cm³/mol. The van der Waals surface area contributed by atoms with Gasteiger partial charge in [-0.2, -0.15) is 0 Å². The summed E-state index contributed by atoms with van der Waals surface area (Å²) in [5, 5.41) is 3.76. The largest absolute Gasteiger partial charge is 0.494 e. The Morgan fingerprint density at radius 3 is 2.11 bits per heavy atom. The maximum absolute atomic E-state index is 14.6. The summed E-state index contributed by atoms with van der Waals surface area (Å²) in [5.41, 5.74) is 1.65. The van der Waals surface area contributed by atoms with Crippen molar-refractivity contribution >= 4 is 50.7 Å². The van der Waals surface area contributed by atoms with E-state index in [1.807, 2.05) is 51.1 Å². The molecular weight excluding hydrogens is 657 g/mol. The van der Waals surface area contributed by atoms with Crippen LogP contribution in [0.15, 0.2) is 108 Å². The quantitative estimate of drug-likeness (QED) is 0.143. The highest BCUT2D eigenvalue weighted by atomic mass is 35.5. The summed E-state index contributed by atoms with van der Waals surface area (Å²) in [7, 11) is -4.22. The highest BCUT2D eigenvalue weighted by Crippen LogP contribution is 2.28. The first-order valence-corrected chi connectivity index (χ1v) is 17.6. The second-order valence-electron chi connectivity index (χ2n) is 11.0. The van der Waals surface area contributed by atoms with Gasteiger partial charge in [0.15, 0.2) is 0 Å². The fraction of sp³-hybridized carbons (Fsp3) is 0.278. The monoisotopic (exact) mass is 695 g/mol. The minimum atomic E-state index is -4.22. The summed E-state index contributed by atoms with van der Waals surface area (Å²) in [6.45, 7) is 5.48. The van der Waals surface area contributed by atoms with Crippen LogP contribution in [0.3, 0.4) is 0 Å². The standard InChI is InChI=1S/C36H39Cl2N3O5S/c1-4-26(3)39-36(43)34(22-27-12-8-6-9-13-27)40(24-28-16-17-29(37)23-33(28)38)35(42)25-41(30-18-20-31(21-19-30)46-5-2)47(44,45)32-14-10-7-11-15-32/h6-21,23,26,34H,4-5,22,24-25H2,1-3H3,(H,39,43). The molecule has 0 aliphatic carbocycles. The molecule has 0 bridgehead atoms. The van der Waals surface area contributed by atoms with Gasteiger partial charge < -0.3 is 15.0 Å². The number of anilines is 1. The normalized spacial score (nSPS) is 12.5. The van der Waals surface area contributed by atoms with Crippen molar-refractivity contribution < 1.29 is 22.7 Å². The number of nitrogens with zero attached hydrogens (tertiary/aromatic N) is 2. The minimum Gasteiger partial charge on any atom is -0.494 e. The molecule has 0 radical (unpaired) electrons.